The van der Waals surface area contributed by atoms with E-state index in [-0.39, 0.29) is 11.2 Å². The largest absolute Gasteiger partial charge is 0.495 e. The predicted molar refractivity (Wildman–Crippen MR) is 66.9 cm³/mol. The molecule has 0 unspecified atom stereocenters. The summed E-state index contributed by atoms with van der Waals surface area (Å²) in [4.78, 5) is 12.3. The lowest BCUT2D eigenvalue weighted by Gasteiger charge is -2.35. The quantitative estimate of drug-likeness (QED) is 0.722. The SMILES string of the molecule is COC1=C2CCC(C)(C)C2=CC(=O)C1(OC)OC. The Morgan fingerprint density at radius 1 is 1.17 bits per heavy atom. The Morgan fingerprint density at radius 3 is 2.28 bits per heavy atom. The first kappa shape index (κ1) is 13.3. The van der Waals surface area contributed by atoms with E-state index in [4.69, 9.17) is 14.2 Å². The highest BCUT2D eigenvalue weighted by Gasteiger charge is 2.51. The van der Waals surface area contributed by atoms with Gasteiger partial charge in [0.05, 0.1) is 7.11 Å². The Kier molecular flexibility index (Phi) is 3.11. The van der Waals surface area contributed by atoms with Crippen LogP contribution in [0.4, 0.5) is 0 Å². The third kappa shape index (κ3) is 1.56. The Morgan fingerprint density at radius 2 is 1.78 bits per heavy atom. The van der Waals surface area contributed by atoms with Gasteiger partial charge in [0.15, 0.2) is 5.76 Å². The molecule has 0 atom stereocenters. The number of carbonyl (C=O) groups is 1. The van der Waals surface area contributed by atoms with Gasteiger partial charge in [-0.2, -0.15) is 0 Å². The summed E-state index contributed by atoms with van der Waals surface area (Å²) in [5, 5.41) is 0. The smallest absolute Gasteiger partial charge is 0.293 e. The van der Waals surface area contributed by atoms with Gasteiger partial charge in [-0.1, -0.05) is 13.8 Å². The van der Waals surface area contributed by atoms with Crippen molar-refractivity contribution in [3.63, 3.8) is 0 Å². The van der Waals surface area contributed by atoms with Gasteiger partial charge in [0.25, 0.3) is 5.79 Å². The average Bonchev–Trinajstić information content (AvgIpc) is 2.64. The minimum absolute atomic E-state index is 0.00240. The number of allylic oxidation sites excluding steroid dienone is 2. The predicted octanol–water partition coefficient (Wildman–Crippen LogP) is 2.21. The van der Waals surface area contributed by atoms with Crippen molar-refractivity contribution in [2.45, 2.75) is 32.5 Å². The molecule has 2 aliphatic rings. The van der Waals surface area contributed by atoms with Crippen LogP contribution in [0.1, 0.15) is 26.7 Å². The van der Waals surface area contributed by atoms with E-state index < -0.39 is 5.79 Å². The molecule has 0 radical (unpaired) electrons. The molecule has 0 saturated heterocycles. The van der Waals surface area contributed by atoms with Crippen molar-refractivity contribution >= 4 is 5.78 Å². The van der Waals surface area contributed by atoms with Crippen LogP contribution in [-0.2, 0) is 19.0 Å². The van der Waals surface area contributed by atoms with Gasteiger partial charge in [-0.25, -0.2) is 0 Å². The van der Waals surface area contributed by atoms with Gasteiger partial charge in [-0.15, -0.1) is 0 Å². The molecule has 0 heterocycles. The summed E-state index contributed by atoms with van der Waals surface area (Å²) in [6, 6.07) is 0. The highest BCUT2D eigenvalue weighted by atomic mass is 16.7. The fourth-order valence-corrected chi connectivity index (χ4v) is 2.90. The maximum absolute atomic E-state index is 12.3. The normalized spacial score (nSPS) is 24.9. The first-order chi connectivity index (χ1) is 8.43. The van der Waals surface area contributed by atoms with Crippen LogP contribution < -0.4 is 0 Å². The lowest BCUT2D eigenvalue weighted by atomic mass is 9.81. The summed E-state index contributed by atoms with van der Waals surface area (Å²) in [5.41, 5.74) is 2.10. The van der Waals surface area contributed by atoms with E-state index in [2.05, 4.69) is 13.8 Å². The van der Waals surface area contributed by atoms with Crippen LogP contribution in [0.2, 0.25) is 0 Å². The Hall–Kier alpha value is -1.13. The van der Waals surface area contributed by atoms with E-state index in [1.165, 1.54) is 14.2 Å². The molecular weight excluding hydrogens is 232 g/mol. The second-order valence-electron chi connectivity index (χ2n) is 5.34. The van der Waals surface area contributed by atoms with Crippen molar-refractivity contribution < 1.29 is 19.0 Å². The molecule has 0 aliphatic heterocycles. The number of carbonyl (C=O) groups excluding carboxylic acids is 1. The van der Waals surface area contributed by atoms with Gasteiger partial charge in [0.2, 0.25) is 5.78 Å². The summed E-state index contributed by atoms with van der Waals surface area (Å²) in [7, 11) is 4.47. The zero-order chi connectivity index (χ0) is 13.6. The Labute approximate surface area is 108 Å². The van der Waals surface area contributed by atoms with Gasteiger partial charge < -0.3 is 14.2 Å². The van der Waals surface area contributed by atoms with E-state index in [1.54, 1.807) is 13.2 Å². The number of ether oxygens (including phenoxy) is 3. The van der Waals surface area contributed by atoms with E-state index in [9.17, 15) is 4.79 Å². The van der Waals surface area contributed by atoms with Crippen molar-refractivity contribution in [2.24, 2.45) is 5.41 Å². The molecule has 2 aliphatic carbocycles. The fourth-order valence-electron chi connectivity index (χ4n) is 2.90. The molecule has 100 valence electrons. The minimum atomic E-state index is -1.41. The summed E-state index contributed by atoms with van der Waals surface area (Å²) in [6.07, 6.45) is 3.53. The standard InChI is InChI=1S/C14H20O4/c1-13(2)7-6-9-10(13)8-11(15)14(17-4,18-5)12(9)16-3/h8H,6-7H2,1-5H3. The second-order valence-corrected chi connectivity index (χ2v) is 5.34. The van der Waals surface area contributed by atoms with Crippen LogP contribution in [-0.4, -0.2) is 32.9 Å². The molecule has 4 heteroatoms. The maximum Gasteiger partial charge on any atom is 0.293 e. The summed E-state index contributed by atoms with van der Waals surface area (Å²) in [5.74, 6) is -1.12. The van der Waals surface area contributed by atoms with Gasteiger partial charge in [0.1, 0.15) is 0 Å². The van der Waals surface area contributed by atoms with Crippen LogP contribution in [0.25, 0.3) is 0 Å². The number of ketones is 1. The van der Waals surface area contributed by atoms with E-state index in [1.807, 2.05) is 0 Å². The molecule has 0 bridgehead atoms. The van der Waals surface area contributed by atoms with Crippen molar-refractivity contribution in [3.05, 3.63) is 23.0 Å². The Balaban J connectivity index is 2.62. The first-order valence-electron chi connectivity index (χ1n) is 6.08. The zero-order valence-electron chi connectivity index (χ0n) is 11.6. The maximum atomic E-state index is 12.3. The zero-order valence-corrected chi connectivity index (χ0v) is 11.6. The molecule has 0 amide bonds. The van der Waals surface area contributed by atoms with Gasteiger partial charge in [-0.3, -0.25) is 4.79 Å². The lowest BCUT2D eigenvalue weighted by molar-refractivity contribution is -0.200. The molecular formula is C14H20O4. The highest BCUT2D eigenvalue weighted by molar-refractivity contribution is 6.01. The van der Waals surface area contributed by atoms with Crippen LogP contribution >= 0.6 is 0 Å². The topological polar surface area (TPSA) is 44.8 Å². The summed E-state index contributed by atoms with van der Waals surface area (Å²) < 4.78 is 16.1. The average molecular weight is 252 g/mol. The van der Waals surface area contributed by atoms with E-state index in [0.717, 1.165) is 24.0 Å². The molecule has 1 saturated carbocycles. The van der Waals surface area contributed by atoms with Crippen LogP contribution in [0.15, 0.2) is 23.0 Å². The molecule has 18 heavy (non-hydrogen) atoms. The minimum Gasteiger partial charge on any atom is -0.495 e. The molecule has 0 aromatic rings. The number of rotatable bonds is 3. The number of hydrogen-bond donors (Lipinski definition) is 0. The monoisotopic (exact) mass is 252 g/mol. The Bertz CT molecular complexity index is 439. The van der Waals surface area contributed by atoms with E-state index >= 15 is 0 Å². The summed E-state index contributed by atoms with van der Waals surface area (Å²) >= 11 is 0. The van der Waals surface area contributed by atoms with Crippen molar-refractivity contribution in [2.75, 3.05) is 21.3 Å². The fraction of sp³-hybridized carbons (Fsp3) is 0.643. The third-order valence-corrected chi connectivity index (χ3v) is 4.01. The first-order valence-corrected chi connectivity index (χ1v) is 6.08. The second kappa shape index (κ2) is 4.21. The van der Waals surface area contributed by atoms with E-state index in [0.29, 0.717) is 5.76 Å². The molecule has 0 aromatic heterocycles. The van der Waals surface area contributed by atoms with Crippen LogP contribution in [0.5, 0.6) is 0 Å². The number of hydrogen-bond acceptors (Lipinski definition) is 4. The van der Waals surface area contributed by atoms with Crippen LogP contribution in [0.3, 0.4) is 0 Å². The number of methoxy groups -OCH3 is 3. The summed E-state index contributed by atoms with van der Waals surface area (Å²) in [6.45, 7) is 4.28. The number of fused-ring (bicyclic) bond motifs is 1. The molecule has 2 rings (SSSR count). The molecule has 1 fully saturated rings. The lowest BCUT2D eigenvalue weighted by Crippen LogP contribution is -2.47. The molecule has 0 spiro atoms. The molecule has 0 N–H and O–H groups in total. The molecule has 4 nitrogen and oxygen atoms in total. The van der Waals surface area contributed by atoms with Gasteiger partial charge in [0, 0.05) is 14.2 Å². The third-order valence-electron chi connectivity index (χ3n) is 4.01. The van der Waals surface area contributed by atoms with Crippen molar-refractivity contribution in [3.8, 4) is 0 Å². The highest BCUT2D eigenvalue weighted by Crippen LogP contribution is 2.51. The van der Waals surface area contributed by atoms with Crippen molar-refractivity contribution in [1.82, 2.24) is 0 Å². The molecule has 0 aromatic carbocycles. The van der Waals surface area contributed by atoms with Crippen LogP contribution in [0, 0.1) is 5.41 Å². The van der Waals surface area contributed by atoms with Gasteiger partial charge in [-0.05, 0) is 35.5 Å². The van der Waals surface area contributed by atoms with Crippen molar-refractivity contribution in [1.29, 1.82) is 0 Å². The van der Waals surface area contributed by atoms with Gasteiger partial charge >= 0.3 is 0 Å².